The molecule has 0 aromatic carbocycles. The summed E-state index contributed by atoms with van der Waals surface area (Å²) < 4.78 is 0. The molecule has 0 saturated heterocycles. The SMILES string of the molecule is C#CCCCC(Cc1cccs1)NCC. The fourth-order valence-corrected chi connectivity index (χ4v) is 2.47. The predicted octanol–water partition coefficient (Wildman–Crippen LogP) is 3.07. The van der Waals surface area contributed by atoms with Crippen LogP contribution in [0.25, 0.3) is 0 Å². The van der Waals surface area contributed by atoms with Gasteiger partial charge in [-0.3, -0.25) is 0 Å². The van der Waals surface area contributed by atoms with Crippen molar-refractivity contribution in [2.45, 2.75) is 38.6 Å². The standard InChI is InChI=1S/C13H19NS/c1-3-5-6-8-12(14-4-2)11-13-9-7-10-15-13/h1,7,9-10,12,14H,4-6,8,11H2,2H3. The molecule has 0 spiro atoms. The van der Waals surface area contributed by atoms with Crippen LogP contribution < -0.4 is 5.32 Å². The number of rotatable bonds is 7. The lowest BCUT2D eigenvalue weighted by Crippen LogP contribution is -2.30. The summed E-state index contributed by atoms with van der Waals surface area (Å²) in [5, 5.41) is 5.66. The van der Waals surface area contributed by atoms with Gasteiger partial charge < -0.3 is 5.32 Å². The average molecular weight is 221 g/mol. The second kappa shape index (κ2) is 7.50. The zero-order valence-electron chi connectivity index (χ0n) is 9.33. The Bertz CT molecular complexity index is 284. The van der Waals surface area contributed by atoms with Crippen molar-refractivity contribution in [1.82, 2.24) is 5.32 Å². The fraction of sp³-hybridized carbons (Fsp3) is 0.538. The van der Waals surface area contributed by atoms with Crippen molar-refractivity contribution in [1.29, 1.82) is 0 Å². The van der Waals surface area contributed by atoms with Crippen molar-refractivity contribution < 1.29 is 0 Å². The Hall–Kier alpha value is -0.780. The van der Waals surface area contributed by atoms with Crippen molar-refractivity contribution >= 4 is 11.3 Å². The summed E-state index contributed by atoms with van der Waals surface area (Å²) in [6.07, 6.45) is 9.59. The number of unbranched alkanes of at least 4 members (excludes halogenated alkanes) is 1. The molecule has 0 fully saturated rings. The number of terminal acetylenes is 1. The van der Waals surface area contributed by atoms with Crippen molar-refractivity contribution in [3.63, 3.8) is 0 Å². The lowest BCUT2D eigenvalue weighted by Gasteiger charge is -2.16. The Balaban J connectivity index is 2.33. The van der Waals surface area contributed by atoms with E-state index in [9.17, 15) is 0 Å². The van der Waals surface area contributed by atoms with Crippen LogP contribution in [0.2, 0.25) is 0 Å². The van der Waals surface area contributed by atoms with Crippen LogP contribution in [0.15, 0.2) is 17.5 Å². The molecule has 1 unspecified atom stereocenters. The van der Waals surface area contributed by atoms with Gasteiger partial charge in [0, 0.05) is 17.3 Å². The second-order valence-corrected chi connectivity index (χ2v) is 4.67. The van der Waals surface area contributed by atoms with E-state index in [4.69, 9.17) is 6.42 Å². The molecule has 1 atom stereocenters. The molecule has 1 N–H and O–H groups in total. The summed E-state index contributed by atoms with van der Waals surface area (Å²) in [5.41, 5.74) is 0. The first-order valence-corrected chi connectivity index (χ1v) is 6.44. The van der Waals surface area contributed by atoms with Crippen LogP contribution in [0.1, 0.15) is 31.1 Å². The van der Waals surface area contributed by atoms with E-state index >= 15 is 0 Å². The van der Waals surface area contributed by atoms with Gasteiger partial charge in [0.15, 0.2) is 0 Å². The van der Waals surface area contributed by atoms with E-state index in [1.54, 1.807) is 0 Å². The van der Waals surface area contributed by atoms with E-state index in [-0.39, 0.29) is 0 Å². The van der Waals surface area contributed by atoms with Gasteiger partial charge >= 0.3 is 0 Å². The summed E-state index contributed by atoms with van der Waals surface area (Å²) in [6.45, 7) is 3.19. The molecule has 0 amide bonds. The van der Waals surface area contributed by atoms with E-state index in [2.05, 4.69) is 35.7 Å². The highest BCUT2D eigenvalue weighted by atomic mass is 32.1. The van der Waals surface area contributed by atoms with Crippen LogP contribution >= 0.6 is 11.3 Å². The average Bonchev–Trinajstić information content (AvgIpc) is 2.71. The maximum atomic E-state index is 5.26. The van der Waals surface area contributed by atoms with Crippen molar-refractivity contribution in [2.24, 2.45) is 0 Å². The highest BCUT2D eigenvalue weighted by molar-refractivity contribution is 7.09. The molecule has 2 heteroatoms. The first kappa shape index (κ1) is 12.3. The Labute approximate surface area is 96.9 Å². The van der Waals surface area contributed by atoms with Crippen LogP contribution in [0, 0.1) is 12.3 Å². The molecular weight excluding hydrogens is 202 g/mol. The normalized spacial score (nSPS) is 12.3. The minimum absolute atomic E-state index is 0.585. The van der Waals surface area contributed by atoms with E-state index in [1.165, 1.54) is 11.3 Å². The predicted molar refractivity (Wildman–Crippen MR) is 68.2 cm³/mol. The Kier molecular flexibility index (Phi) is 6.15. The van der Waals surface area contributed by atoms with Crippen LogP contribution in [-0.2, 0) is 6.42 Å². The molecule has 0 aliphatic carbocycles. The maximum absolute atomic E-state index is 5.26. The molecule has 0 bridgehead atoms. The number of nitrogens with one attached hydrogen (secondary N) is 1. The summed E-state index contributed by atoms with van der Waals surface area (Å²) in [4.78, 5) is 1.46. The molecular formula is C13H19NS. The first-order chi connectivity index (χ1) is 7.36. The van der Waals surface area contributed by atoms with Crippen molar-refractivity contribution in [3.05, 3.63) is 22.4 Å². The molecule has 1 heterocycles. The van der Waals surface area contributed by atoms with Gasteiger partial charge in [0.2, 0.25) is 0 Å². The van der Waals surface area contributed by atoms with E-state index in [0.717, 1.165) is 25.8 Å². The molecule has 0 radical (unpaired) electrons. The molecule has 1 nitrogen and oxygen atoms in total. The van der Waals surface area contributed by atoms with Crippen molar-refractivity contribution in [2.75, 3.05) is 6.54 Å². The van der Waals surface area contributed by atoms with Gasteiger partial charge in [-0.2, -0.15) is 0 Å². The summed E-state index contributed by atoms with van der Waals surface area (Å²) >= 11 is 1.84. The van der Waals surface area contributed by atoms with Gasteiger partial charge in [0.05, 0.1) is 0 Å². The third-order valence-electron chi connectivity index (χ3n) is 2.39. The number of likely N-dealkylation sites (N-methyl/N-ethyl adjacent to an activating group) is 1. The van der Waals surface area contributed by atoms with Gasteiger partial charge in [-0.15, -0.1) is 23.7 Å². The molecule has 82 valence electrons. The monoisotopic (exact) mass is 221 g/mol. The summed E-state index contributed by atoms with van der Waals surface area (Å²) in [5.74, 6) is 2.70. The first-order valence-electron chi connectivity index (χ1n) is 5.56. The third kappa shape index (κ3) is 5.01. The van der Waals surface area contributed by atoms with Gasteiger partial charge in [0.25, 0.3) is 0 Å². The minimum atomic E-state index is 0.585. The Morgan fingerprint density at radius 3 is 3.07 bits per heavy atom. The number of thiophene rings is 1. The zero-order chi connectivity index (χ0) is 10.9. The molecule has 0 aliphatic heterocycles. The van der Waals surface area contributed by atoms with Crippen LogP contribution in [0.3, 0.4) is 0 Å². The fourth-order valence-electron chi connectivity index (χ4n) is 1.69. The quantitative estimate of drug-likeness (QED) is 0.551. The molecule has 15 heavy (non-hydrogen) atoms. The van der Waals surface area contributed by atoms with Gasteiger partial charge in [-0.1, -0.05) is 13.0 Å². The zero-order valence-corrected chi connectivity index (χ0v) is 10.1. The van der Waals surface area contributed by atoms with Gasteiger partial charge in [0.1, 0.15) is 0 Å². The minimum Gasteiger partial charge on any atom is -0.314 e. The van der Waals surface area contributed by atoms with Crippen LogP contribution in [0.5, 0.6) is 0 Å². The van der Waals surface area contributed by atoms with E-state index in [0.29, 0.717) is 6.04 Å². The Morgan fingerprint density at radius 2 is 2.47 bits per heavy atom. The molecule has 0 saturated carbocycles. The largest absolute Gasteiger partial charge is 0.314 e. The molecule has 1 aromatic rings. The highest BCUT2D eigenvalue weighted by Crippen LogP contribution is 2.14. The smallest absolute Gasteiger partial charge is 0.0116 e. The number of hydrogen-bond donors (Lipinski definition) is 1. The second-order valence-electron chi connectivity index (χ2n) is 3.63. The van der Waals surface area contributed by atoms with E-state index in [1.807, 2.05) is 11.3 Å². The van der Waals surface area contributed by atoms with Crippen molar-refractivity contribution in [3.8, 4) is 12.3 Å². The van der Waals surface area contributed by atoms with Gasteiger partial charge in [-0.25, -0.2) is 0 Å². The topological polar surface area (TPSA) is 12.0 Å². The number of hydrogen-bond acceptors (Lipinski definition) is 2. The lowest BCUT2D eigenvalue weighted by atomic mass is 10.1. The Morgan fingerprint density at radius 1 is 1.60 bits per heavy atom. The van der Waals surface area contributed by atoms with Crippen LogP contribution in [0.4, 0.5) is 0 Å². The summed E-state index contributed by atoms with van der Waals surface area (Å²) in [6, 6.07) is 4.91. The van der Waals surface area contributed by atoms with Crippen LogP contribution in [-0.4, -0.2) is 12.6 Å². The molecule has 0 aliphatic rings. The molecule has 1 rings (SSSR count). The lowest BCUT2D eigenvalue weighted by molar-refractivity contribution is 0.482. The summed E-state index contributed by atoms with van der Waals surface area (Å²) in [7, 11) is 0. The third-order valence-corrected chi connectivity index (χ3v) is 3.29. The molecule has 1 aromatic heterocycles. The maximum Gasteiger partial charge on any atom is 0.0116 e. The highest BCUT2D eigenvalue weighted by Gasteiger charge is 2.08. The van der Waals surface area contributed by atoms with Gasteiger partial charge in [-0.05, 0) is 37.3 Å². The van der Waals surface area contributed by atoms with E-state index < -0.39 is 0 Å².